The third-order valence-electron chi connectivity index (χ3n) is 6.21. The maximum atomic E-state index is 13.2. The molecule has 0 spiro atoms. The van der Waals surface area contributed by atoms with Crippen LogP contribution in [0.25, 0.3) is 0 Å². The van der Waals surface area contributed by atoms with Gasteiger partial charge in [0.05, 0.1) is 35.6 Å². The summed E-state index contributed by atoms with van der Waals surface area (Å²) in [7, 11) is 1.82. The lowest BCUT2D eigenvalue weighted by molar-refractivity contribution is -0.837. The molecule has 5 rings (SSSR count). The van der Waals surface area contributed by atoms with Crippen molar-refractivity contribution in [2.45, 2.75) is 13.0 Å². The molecule has 7 heteroatoms. The van der Waals surface area contributed by atoms with E-state index in [9.17, 15) is 14.7 Å². The topological polar surface area (TPSA) is 86.5 Å². The van der Waals surface area contributed by atoms with Crippen LogP contribution in [0, 0.1) is 5.92 Å². The number of para-hydroxylation sites is 2. The highest BCUT2D eigenvalue weighted by Gasteiger charge is 2.51. The van der Waals surface area contributed by atoms with E-state index in [1.165, 1.54) is 0 Å². The summed E-state index contributed by atoms with van der Waals surface area (Å²) in [6.45, 7) is 1.78. The highest BCUT2D eigenvalue weighted by molar-refractivity contribution is 6.51. The molecule has 0 aromatic heterocycles. The number of nitrogens with zero attached hydrogens (tertiary/aromatic N) is 2. The first-order chi connectivity index (χ1) is 16.5. The average molecular weight is 453 g/mol. The van der Waals surface area contributed by atoms with Crippen molar-refractivity contribution >= 4 is 28.8 Å². The number of quaternary nitrogens is 1. The molecule has 170 valence electrons. The first kappa shape index (κ1) is 21.8. The van der Waals surface area contributed by atoms with Crippen LogP contribution in [0.2, 0.25) is 0 Å². The number of carbonyl (C=O) groups excluding carboxylic acids is 2. The van der Waals surface area contributed by atoms with Crippen LogP contribution in [0.4, 0.5) is 11.4 Å². The molecule has 1 aliphatic carbocycles. The number of rotatable bonds is 5. The molecular formula is C27H23N3O4. The molecule has 0 radical (unpaired) electrons. The Balaban J connectivity index is 1.33. The van der Waals surface area contributed by atoms with E-state index in [4.69, 9.17) is 4.74 Å². The summed E-state index contributed by atoms with van der Waals surface area (Å²) < 4.78 is 5.76. The zero-order valence-electron chi connectivity index (χ0n) is 18.8. The molecule has 1 amide bonds. The van der Waals surface area contributed by atoms with E-state index < -0.39 is 17.8 Å². The van der Waals surface area contributed by atoms with Crippen molar-refractivity contribution in [3.05, 3.63) is 96.2 Å². The fraction of sp³-hybridized carbons (Fsp3) is 0.148. The van der Waals surface area contributed by atoms with Crippen molar-refractivity contribution < 1.29 is 24.4 Å². The summed E-state index contributed by atoms with van der Waals surface area (Å²) in [4.78, 5) is 30.4. The molecule has 3 atom stereocenters. The summed E-state index contributed by atoms with van der Waals surface area (Å²) >= 11 is 0. The third kappa shape index (κ3) is 3.71. The van der Waals surface area contributed by atoms with Gasteiger partial charge in [-0.2, -0.15) is 5.01 Å². The van der Waals surface area contributed by atoms with Crippen LogP contribution in [-0.4, -0.2) is 30.6 Å². The number of aliphatic imine (C=N–C) groups is 1. The number of allylic oxidation sites excluding steroid dienone is 1. The maximum Gasteiger partial charge on any atom is 0.306 e. The van der Waals surface area contributed by atoms with Gasteiger partial charge in [0.15, 0.2) is 5.78 Å². The molecule has 0 saturated heterocycles. The van der Waals surface area contributed by atoms with Gasteiger partial charge in [0.1, 0.15) is 17.2 Å². The van der Waals surface area contributed by atoms with E-state index >= 15 is 0 Å². The molecular weight excluding hydrogens is 430 g/mol. The molecule has 1 fully saturated rings. The average Bonchev–Trinajstić information content (AvgIpc) is 3.08. The second kappa shape index (κ2) is 8.70. The lowest BCUT2D eigenvalue weighted by Gasteiger charge is -2.41. The minimum Gasteiger partial charge on any atom is -0.847 e. The molecule has 1 heterocycles. The molecule has 3 aromatic carbocycles. The molecule has 1 saturated carbocycles. The number of Topliss-reactive ketones (excluding diaryl/α,β-unsaturated/α-hetero) is 1. The standard InChI is InChI=1S/C27H22N3O4/c1-17-22(27(33)30(29(17)2)19-9-5-3-6-10-19)23-25(31)24(26(23)32)28-18-13-15-21(16-14-18)34-20-11-7-4-8-12-20/h3-16,23,25H,1-2H3/q-1/p+1. The van der Waals surface area contributed by atoms with Crippen molar-refractivity contribution in [1.82, 2.24) is 0 Å². The monoisotopic (exact) mass is 453 g/mol. The molecule has 7 nitrogen and oxygen atoms in total. The van der Waals surface area contributed by atoms with Crippen molar-refractivity contribution in [2.24, 2.45) is 10.9 Å². The van der Waals surface area contributed by atoms with E-state index in [0.717, 1.165) is 5.01 Å². The Morgan fingerprint density at radius 1 is 0.882 bits per heavy atom. The molecule has 3 aromatic rings. The van der Waals surface area contributed by atoms with E-state index in [0.29, 0.717) is 28.6 Å². The number of carbonyl (C=O) groups is 2. The van der Waals surface area contributed by atoms with Crippen LogP contribution in [0.5, 0.6) is 11.5 Å². The number of ketones is 1. The number of hydrogen-bond acceptors (Lipinski definition) is 5. The lowest BCUT2D eigenvalue weighted by Crippen LogP contribution is -3.13. The molecule has 3 unspecified atom stereocenters. The van der Waals surface area contributed by atoms with Crippen molar-refractivity contribution in [2.75, 3.05) is 12.1 Å². The van der Waals surface area contributed by atoms with Crippen molar-refractivity contribution in [3.63, 3.8) is 0 Å². The van der Waals surface area contributed by atoms with Gasteiger partial charge in [0.25, 0.3) is 0 Å². The number of nitrogens with one attached hydrogen (secondary N) is 1. The van der Waals surface area contributed by atoms with Gasteiger partial charge in [-0.05, 0) is 48.5 Å². The van der Waals surface area contributed by atoms with Gasteiger partial charge in [-0.15, -0.1) is 5.01 Å². The normalized spacial score (nSPS) is 23.4. The lowest BCUT2D eigenvalue weighted by atomic mass is 9.72. The summed E-state index contributed by atoms with van der Waals surface area (Å²) in [6, 6.07) is 25.4. The Hall–Kier alpha value is -4.07. The maximum absolute atomic E-state index is 13.2. The van der Waals surface area contributed by atoms with Gasteiger partial charge >= 0.3 is 5.91 Å². The molecule has 0 bridgehead atoms. The van der Waals surface area contributed by atoms with Gasteiger partial charge in [0.2, 0.25) is 0 Å². The van der Waals surface area contributed by atoms with Crippen LogP contribution in [0.1, 0.15) is 6.92 Å². The largest absolute Gasteiger partial charge is 0.847 e. The Morgan fingerprint density at radius 2 is 1.47 bits per heavy atom. The van der Waals surface area contributed by atoms with Gasteiger partial charge in [-0.3, -0.25) is 14.6 Å². The zero-order chi connectivity index (χ0) is 23.8. The van der Waals surface area contributed by atoms with Crippen LogP contribution >= 0.6 is 0 Å². The number of hydrogen-bond donors (Lipinski definition) is 1. The second-order valence-electron chi connectivity index (χ2n) is 8.27. The second-order valence-corrected chi connectivity index (χ2v) is 8.27. The Labute approximate surface area is 197 Å². The first-order valence-corrected chi connectivity index (χ1v) is 11.0. The Kier molecular flexibility index (Phi) is 5.57. The number of benzene rings is 3. The summed E-state index contributed by atoms with van der Waals surface area (Å²) in [5.41, 5.74) is 2.09. The number of amides is 1. The Bertz CT molecular complexity index is 1300. The summed E-state index contributed by atoms with van der Waals surface area (Å²) in [6.07, 6.45) is -1.38. The highest BCUT2D eigenvalue weighted by Crippen LogP contribution is 2.34. The smallest absolute Gasteiger partial charge is 0.306 e. The number of anilines is 1. The fourth-order valence-electron chi connectivity index (χ4n) is 4.30. The van der Waals surface area contributed by atoms with Crippen LogP contribution < -0.4 is 19.9 Å². The minimum absolute atomic E-state index is 0.0503. The van der Waals surface area contributed by atoms with Crippen LogP contribution in [0.15, 0.2) is 101 Å². The summed E-state index contributed by atoms with van der Waals surface area (Å²) in [5.74, 6) is -0.400. The van der Waals surface area contributed by atoms with E-state index in [1.54, 1.807) is 36.2 Å². The van der Waals surface area contributed by atoms with Gasteiger partial charge in [0, 0.05) is 6.92 Å². The molecule has 2 aliphatic rings. The summed E-state index contributed by atoms with van der Waals surface area (Å²) in [5, 5.41) is 15.3. The number of ether oxygens (including phenoxy) is 1. The van der Waals surface area contributed by atoms with Gasteiger partial charge < -0.3 is 9.84 Å². The molecule has 1 N–H and O–H groups in total. The minimum atomic E-state index is -1.38. The zero-order valence-corrected chi connectivity index (χ0v) is 18.8. The van der Waals surface area contributed by atoms with Gasteiger partial charge in [-0.25, -0.2) is 0 Å². The first-order valence-electron chi connectivity index (χ1n) is 11.0. The fourth-order valence-corrected chi connectivity index (χ4v) is 4.30. The molecule has 34 heavy (non-hydrogen) atoms. The highest BCUT2D eigenvalue weighted by atomic mass is 16.5. The van der Waals surface area contributed by atoms with Crippen molar-refractivity contribution in [3.8, 4) is 11.5 Å². The van der Waals surface area contributed by atoms with Gasteiger partial charge in [-0.1, -0.05) is 42.5 Å². The predicted molar refractivity (Wildman–Crippen MR) is 126 cm³/mol. The van der Waals surface area contributed by atoms with Crippen LogP contribution in [0.3, 0.4) is 0 Å². The van der Waals surface area contributed by atoms with Crippen LogP contribution in [-0.2, 0) is 9.59 Å². The van der Waals surface area contributed by atoms with E-state index in [2.05, 4.69) is 4.99 Å². The predicted octanol–water partition coefficient (Wildman–Crippen LogP) is 2.23. The van der Waals surface area contributed by atoms with Crippen molar-refractivity contribution in [1.29, 1.82) is 0 Å². The van der Waals surface area contributed by atoms with E-state index in [-0.39, 0.29) is 17.2 Å². The Morgan fingerprint density at radius 3 is 2.09 bits per heavy atom. The quantitative estimate of drug-likeness (QED) is 0.642. The third-order valence-corrected chi connectivity index (χ3v) is 6.21. The molecule has 1 aliphatic heterocycles. The van der Waals surface area contributed by atoms with E-state index in [1.807, 2.05) is 67.7 Å². The SMILES string of the molecule is CC1=C(C2C(=O)C(=Nc3ccc(Oc4ccccc4)cc3)C2[O-])C(=O)N(c2ccccc2)[NH+]1C.